The van der Waals surface area contributed by atoms with E-state index in [1.54, 1.807) is 26.6 Å². The Balaban J connectivity index is 1.68. The number of methoxy groups -OCH3 is 2. The van der Waals surface area contributed by atoms with Crippen molar-refractivity contribution in [3.8, 4) is 17.3 Å². The molecule has 1 saturated heterocycles. The smallest absolute Gasteiger partial charge is 0.174 e. The van der Waals surface area contributed by atoms with Crippen molar-refractivity contribution in [2.45, 2.75) is 12.1 Å². The van der Waals surface area contributed by atoms with Gasteiger partial charge >= 0.3 is 0 Å². The molecule has 172 valence electrons. The van der Waals surface area contributed by atoms with Gasteiger partial charge in [-0.05, 0) is 60.7 Å². The fourth-order valence-corrected chi connectivity index (χ4v) is 4.70. The summed E-state index contributed by atoms with van der Waals surface area (Å²) < 4.78 is 13.2. The van der Waals surface area contributed by atoms with Gasteiger partial charge in [0.1, 0.15) is 23.4 Å². The van der Waals surface area contributed by atoms with E-state index in [4.69, 9.17) is 33.3 Å². The SMILES string of the molecule is COc1ccc(N2C(=S)NC(c3ccccn3)C2c2cccn2-c2ccc(Cl)cn2)c(OC)c1. The van der Waals surface area contributed by atoms with Crippen LogP contribution in [0.15, 0.2) is 79.3 Å². The zero-order valence-corrected chi connectivity index (χ0v) is 20.1. The van der Waals surface area contributed by atoms with Gasteiger partial charge < -0.3 is 24.3 Å². The maximum Gasteiger partial charge on any atom is 0.174 e. The Bertz CT molecular complexity index is 1310. The van der Waals surface area contributed by atoms with E-state index in [9.17, 15) is 0 Å². The molecule has 1 aliphatic heterocycles. The van der Waals surface area contributed by atoms with Crippen molar-refractivity contribution in [3.05, 3.63) is 95.7 Å². The normalized spacial score (nSPS) is 17.5. The average molecular weight is 492 g/mol. The van der Waals surface area contributed by atoms with Gasteiger partial charge in [0.15, 0.2) is 5.11 Å². The van der Waals surface area contributed by atoms with Crippen molar-refractivity contribution in [1.82, 2.24) is 19.9 Å². The molecule has 1 N–H and O–H groups in total. The Morgan fingerprint density at radius 1 is 1.00 bits per heavy atom. The second kappa shape index (κ2) is 9.32. The Hall–Kier alpha value is -3.62. The van der Waals surface area contributed by atoms with Crippen molar-refractivity contribution >= 4 is 34.6 Å². The number of rotatable bonds is 6. The number of nitrogens with zero attached hydrogens (tertiary/aromatic N) is 4. The van der Waals surface area contributed by atoms with Crippen LogP contribution in [0.2, 0.25) is 5.02 Å². The summed E-state index contributed by atoms with van der Waals surface area (Å²) in [5, 5.41) is 4.63. The molecule has 0 aliphatic carbocycles. The largest absolute Gasteiger partial charge is 0.497 e. The molecule has 0 amide bonds. The molecule has 5 rings (SSSR count). The molecule has 1 fully saturated rings. The van der Waals surface area contributed by atoms with Gasteiger partial charge in [0.05, 0.1) is 36.7 Å². The third-order valence-electron chi connectivity index (χ3n) is 5.79. The van der Waals surface area contributed by atoms with Crippen molar-refractivity contribution in [2.75, 3.05) is 19.1 Å². The van der Waals surface area contributed by atoms with E-state index in [1.165, 1.54) is 0 Å². The van der Waals surface area contributed by atoms with Crippen molar-refractivity contribution in [3.63, 3.8) is 0 Å². The van der Waals surface area contributed by atoms with Crippen molar-refractivity contribution in [1.29, 1.82) is 0 Å². The second-order valence-electron chi connectivity index (χ2n) is 7.67. The fourth-order valence-electron chi connectivity index (χ4n) is 4.25. The third-order valence-corrected chi connectivity index (χ3v) is 6.32. The Kier molecular flexibility index (Phi) is 6.08. The topological polar surface area (TPSA) is 64.4 Å². The highest BCUT2D eigenvalue weighted by Crippen LogP contribution is 2.45. The molecule has 9 heteroatoms. The van der Waals surface area contributed by atoms with Crippen molar-refractivity contribution < 1.29 is 9.47 Å². The molecule has 2 atom stereocenters. The van der Waals surface area contributed by atoms with Gasteiger partial charge in [-0.3, -0.25) is 4.98 Å². The van der Waals surface area contributed by atoms with E-state index in [0.717, 1.165) is 22.9 Å². The van der Waals surface area contributed by atoms with E-state index in [-0.39, 0.29) is 12.1 Å². The van der Waals surface area contributed by atoms with E-state index in [0.29, 0.717) is 21.6 Å². The van der Waals surface area contributed by atoms with Crippen molar-refractivity contribution in [2.24, 2.45) is 0 Å². The summed E-state index contributed by atoms with van der Waals surface area (Å²) >= 11 is 11.9. The molecule has 1 aliphatic rings. The summed E-state index contributed by atoms with van der Waals surface area (Å²) in [7, 11) is 3.26. The molecule has 0 radical (unpaired) electrons. The summed E-state index contributed by atoms with van der Waals surface area (Å²) in [5.41, 5.74) is 2.68. The minimum atomic E-state index is -0.239. The number of aromatic nitrogens is 3. The van der Waals surface area contributed by atoms with E-state index in [2.05, 4.69) is 26.3 Å². The first kappa shape index (κ1) is 22.2. The number of thiocarbonyl (C=S) groups is 1. The predicted octanol–water partition coefficient (Wildman–Crippen LogP) is 5.12. The number of nitrogens with one attached hydrogen (secondary N) is 1. The highest BCUT2D eigenvalue weighted by molar-refractivity contribution is 7.80. The number of pyridine rings is 2. The first-order chi connectivity index (χ1) is 16.6. The summed E-state index contributed by atoms with van der Waals surface area (Å²) in [6.07, 6.45) is 5.40. The van der Waals surface area contributed by atoms with Crippen LogP contribution in [0, 0.1) is 0 Å². The molecule has 2 unspecified atom stereocenters. The molecular weight excluding hydrogens is 470 g/mol. The number of hydrogen-bond acceptors (Lipinski definition) is 5. The number of benzene rings is 1. The molecule has 4 heterocycles. The van der Waals surface area contributed by atoms with E-state index < -0.39 is 0 Å². The van der Waals surface area contributed by atoms with Crippen LogP contribution in [0.5, 0.6) is 11.5 Å². The Morgan fingerprint density at radius 2 is 1.88 bits per heavy atom. The predicted molar refractivity (Wildman–Crippen MR) is 136 cm³/mol. The quantitative estimate of drug-likeness (QED) is 0.376. The lowest BCUT2D eigenvalue weighted by Gasteiger charge is -2.30. The maximum atomic E-state index is 6.08. The van der Waals surface area contributed by atoms with Gasteiger partial charge in [-0.15, -0.1) is 0 Å². The molecule has 1 aromatic carbocycles. The first-order valence-corrected chi connectivity index (χ1v) is 11.4. The lowest BCUT2D eigenvalue weighted by molar-refractivity contribution is 0.394. The molecule has 7 nitrogen and oxygen atoms in total. The minimum Gasteiger partial charge on any atom is -0.497 e. The molecule has 3 aromatic heterocycles. The van der Waals surface area contributed by atoms with E-state index >= 15 is 0 Å². The Morgan fingerprint density at radius 3 is 2.59 bits per heavy atom. The van der Waals surface area contributed by atoms with Gasteiger partial charge in [-0.25, -0.2) is 4.98 Å². The van der Waals surface area contributed by atoms with Crippen LogP contribution in [-0.4, -0.2) is 33.9 Å². The van der Waals surface area contributed by atoms with E-state index in [1.807, 2.05) is 65.4 Å². The third kappa shape index (κ3) is 3.95. The minimum absolute atomic E-state index is 0.207. The monoisotopic (exact) mass is 491 g/mol. The highest BCUT2D eigenvalue weighted by atomic mass is 35.5. The molecule has 34 heavy (non-hydrogen) atoms. The fraction of sp³-hybridized carbons (Fsp3) is 0.160. The van der Waals surface area contributed by atoms with Crippen LogP contribution in [0.1, 0.15) is 23.5 Å². The van der Waals surface area contributed by atoms with Crippen LogP contribution in [-0.2, 0) is 0 Å². The maximum absolute atomic E-state index is 6.08. The van der Waals surface area contributed by atoms with Crippen LogP contribution in [0.25, 0.3) is 5.82 Å². The zero-order chi connectivity index (χ0) is 23.7. The van der Waals surface area contributed by atoms with Gasteiger partial charge in [0, 0.05) is 30.4 Å². The number of ether oxygens (including phenoxy) is 2. The lowest BCUT2D eigenvalue weighted by atomic mass is 10.0. The number of anilines is 1. The van der Waals surface area contributed by atoms with Crippen LogP contribution >= 0.6 is 23.8 Å². The summed E-state index contributed by atoms with van der Waals surface area (Å²) in [6, 6.07) is 18.9. The summed E-state index contributed by atoms with van der Waals surface area (Å²) in [6.45, 7) is 0. The number of hydrogen-bond donors (Lipinski definition) is 1. The molecular formula is C25H22ClN5O2S. The molecule has 0 saturated carbocycles. The van der Waals surface area contributed by atoms with Gasteiger partial charge in [-0.2, -0.15) is 0 Å². The number of halogens is 1. The molecule has 0 spiro atoms. The Labute approximate surface area is 207 Å². The summed E-state index contributed by atoms with van der Waals surface area (Å²) in [4.78, 5) is 11.2. The zero-order valence-electron chi connectivity index (χ0n) is 18.6. The molecule has 4 aromatic rings. The first-order valence-electron chi connectivity index (χ1n) is 10.6. The van der Waals surface area contributed by atoms with Gasteiger partial charge in [0.25, 0.3) is 0 Å². The second-order valence-corrected chi connectivity index (χ2v) is 8.50. The van der Waals surface area contributed by atoms with Crippen LogP contribution in [0.3, 0.4) is 0 Å². The summed E-state index contributed by atoms with van der Waals surface area (Å²) in [5.74, 6) is 2.10. The average Bonchev–Trinajstić information content (AvgIpc) is 3.49. The van der Waals surface area contributed by atoms with Crippen LogP contribution < -0.4 is 19.7 Å². The molecule has 0 bridgehead atoms. The highest BCUT2D eigenvalue weighted by Gasteiger charge is 2.43. The van der Waals surface area contributed by atoms with Crippen LogP contribution in [0.4, 0.5) is 5.69 Å². The van der Waals surface area contributed by atoms with Gasteiger partial charge in [0.2, 0.25) is 0 Å². The lowest BCUT2D eigenvalue weighted by Crippen LogP contribution is -2.30. The standard InChI is InChI=1S/C25H22ClN5O2S/c1-32-17-9-10-19(21(14-17)33-2)31-24(23(29-25(31)34)18-6-3-4-12-27-18)20-7-5-13-30(20)22-11-8-16(26)15-28-22/h3-15,23-24H,1-2H3,(H,29,34). The van der Waals surface area contributed by atoms with Gasteiger partial charge in [-0.1, -0.05) is 17.7 Å².